The van der Waals surface area contributed by atoms with Crippen molar-refractivity contribution in [2.24, 2.45) is 5.92 Å². The van der Waals surface area contributed by atoms with Crippen molar-refractivity contribution >= 4 is 17.8 Å². The number of carboxylic acid groups (broad SMARTS) is 1. The van der Waals surface area contributed by atoms with Gasteiger partial charge in [0, 0.05) is 26.3 Å². The summed E-state index contributed by atoms with van der Waals surface area (Å²) in [6.45, 7) is 11.2. The number of carbonyl (C=O) groups excluding carboxylic acids is 1. The van der Waals surface area contributed by atoms with Crippen molar-refractivity contribution in [2.75, 3.05) is 31.6 Å². The second kappa shape index (κ2) is 13.4. The van der Waals surface area contributed by atoms with E-state index in [-0.39, 0.29) is 23.8 Å². The predicted molar refractivity (Wildman–Crippen MR) is 156 cm³/mol. The van der Waals surface area contributed by atoms with Crippen LogP contribution in [-0.4, -0.2) is 58.5 Å². The van der Waals surface area contributed by atoms with E-state index < -0.39 is 5.97 Å². The van der Waals surface area contributed by atoms with Gasteiger partial charge in [-0.15, -0.1) is 0 Å². The van der Waals surface area contributed by atoms with Crippen molar-refractivity contribution in [2.45, 2.75) is 59.3 Å². The quantitative estimate of drug-likeness (QED) is 0.336. The second-order valence-electron chi connectivity index (χ2n) is 11.6. The molecule has 1 amide bonds. The lowest BCUT2D eigenvalue weighted by molar-refractivity contribution is -0.137. The maximum Gasteiger partial charge on any atom is 0.323 e. The number of anilines is 1. The lowest BCUT2D eigenvalue weighted by atomic mass is 9.86. The van der Waals surface area contributed by atoms with Crippen molar-refractivity contribution in [3.63, 3.8) is 0 Å². The fourth-order valence-electron chi connectivity index (χ4n) is 4.43. The lowest BCUT2D eigenvalue weighted by Gasteiger charge is -2.24. The molecule has 3 aromatic rings. The lowest BCUT2D eigenvalue weighted by Crippen LogP contribution is -2.39. The molecule has 1 N–H and O–H groups in total. The molecule has 0 radical (unpaired) electrons. The van der Waals surface area contributed by atoms with Crippen LogP contribution in [0.15, 0.2) is 60.8 Å². The molecule has 0 spiro atoms. The van der Waals surface area contributed by atoms with E-state index in [9.17, 15) is 14.7 Å². The summed E-state index contributed by atoms with van der Waals surface area (Å²) >= 11 is 0. The summed E-state index contributed by atoms with van der Waals surface area (Å²) in [5, 5.41) is 9.43. The van der Waals surface area contributed by atoms with Crippen molar-refractivity contribution < 1.29 is 14.7 Å². The van der Waals surface area contributed by atoms with E-state index in [4.69, 9.17) is 4.98 Å². The monoisotopic (exact) mass is 530 g/mol. The molecule has 3 rings (SSSR count). The molecule has 7 nitrogen and oxygen atoms in total. The van der Waals surface area contributed by atoms with Crippen molar-refractivity contribution in [3.05, 3.63) is 88.7 Å². The molecule has 0 aliphatic rings. The van der Waals surface area contributed by atoms with Crippen LogP contribution >= 0.6 is 0 Å². The van der Waals surface area contributed by atoms with Crippen LogP contribution < -0.4 is 4.90 Å². The number of rotatable bonds is 12. The van der Waals surface area contributed by atoms with E-state index in [0.29, 0.717) is 36.6 Å². The van der Waals surface area contributed by atoms with Crippen LogP contribution in [0.5, 0.6) is 0 Å². The van der Waals surface area contributed by atoms with Gasteiger partial charge in [0.1, 0.15) is 6.54 Å². The molecule has 0 saturated carbocycles. The van der Waals surface area contributed by atoms with Gasteiger partial charge in [-0.05, 0) is 47.3 Å². The molecule has 0 aliphatic heterocycles. The summed E-state index contributed by atoms with van der Waals surface area (Å²) in [6, 6.07) is 18.8. The number of aliphatic carboxylic acids is 1. The van der Waals surface area contributed by atoms with Crippen LogP contribution in [0.2, 0.25) is 0 Å². The van der Waals surface area contributed by atoms with E-state index in [0.717, 1.165) is 18.5 Å². The summed E-state index contributed by atoms with van der Waals surface area (Å²) in [7, 11) is 1.95. The summed E-state index contributed by atoms with van der Waals surface area (Å²) in [6.07, 6.45) is 3.66. The number of benzene rings is 2. The highest BCUT2D eigenvalue weighted by Crippen LogP contribution is 2.23. The third-order valence-corrected chi connectivity index (χ3v) is 6.67. The average molecular weight is 531 g/mol. The number of hydrogen-bond acceptors (Lipinski definition) is 5. The molecule has 0 fully saturated rings. The maximum absolute atomic E-state index is 13.6. The van der Waals surface area contributed by atoms with Gasteiger partial charge >= 0.3 is 5.97 Å². The third-order valence-electron chi connectivity index (χ3n) is 6.67. The molecular weight excluding hydrogens is 488 g/mol. The molecule has 0 aliphatic carbocycles. The van der Waals surface area contributed by atoms with Crippen LogP contribution in [0, 0.1) is 5.92 Å². The molecule has 1 aromatic heterocycles. The highest BCUT2D eigenvalue weighted by Gasteiger charge is 2.24. The van der Waals surface area contributed by atoms with E-state index in [1.54, 1.807) is 6.20 Å². The Morgan fingerprint density at radius 2 is 1.56 bits per heavy atom. The number of carboxylic acids is 1. The van der Waals surface area contributed by atoms with E-state index in [2.05, 4.69) is 62.2 Å². The molecular formula is C32H42N4O3. The Labute approximate surface area is 232 Å². The zero-order valence-corrected chi connectivity index (χ0v) is 24.1. The van der Waals surface area contributed by atoms with Gasteiger partial charge in [0.2, 0.25) is 5.95 Å². The fraction of sp³-hybridized carbons (Fsp3) is 0.438. The smallest absolute Gasteiger partial charge is 0.323 e. The van der Waals surface area contributed by atoms with Gasteiger partial charge < -0.3 is 14.9 Å². The number of hydrogen-bond donors (Lipinski definition) is 1. The average Bonchev–Trinajstić information content (AvgIpc) is 2.89. The summed E-state index contributed by atoms with van der Waals surface area (Å²) in [4.78, 5) is 37.8. The Morgan fingerprint density at radius 1 is 0.923 bits per heavy atom. The second-order valence-corrected chi connectivity index (χ2v) is 11.6. The molecule has 0 bridgehead atoms. The minimum absolute atomic E-state index is 0.0774. The largest absolute Gasteiger partial charge is 0.480 e. The third kappa shape index (κ3) is 8.91. The van der Waals surface area contributed by atoms with Crippen LogP contribution in [0.3, 0.4) is 0 Å². The zero-order chi connectivity index (χ0) is 28.6. The van der Waals surface area contributed by atoms with Crippen LogP contribution in [0.1, 0.15) is 67.4 Å². The predicted octanol–water partition coefficient (Wildman–Crippen LogP) is 5.42. The van der Waals surface area contributed by atoms with E-state index in [1.807, 2.05) is 44.0 Å². The van der Waals surface area contributed by atoms with E-state index in [1.165, 1.54) is 16.0 Å². The highest BCUT2D eigenvalue weighted by atomic mass is 16.4. The SMILES string of the molecule is CC(C)CN(CC(=O)O)C(=O)c1cnc(N(C)CCc2ccccc2)nc1CCc1ccc(C(C)(C)C)cc1. The van der Waals surface area contributed by atoms with Gasteiger partial charge in [-0.25, -0.2) is 9.97 Å². The Bertz CT molecular complexity index is 1230. The van der Waals surface area contributed by atoms with E-state index >= 15 is 0 Å². The Balaban J connectivity index is 1.87. The molecule has 0 saturated heterocycles. The molecule has 0 atom stereocenters. The van der Waals surface area contributed by atoms with Gasteiger partial charge in [0.25, 0.3) is 5.91 Å². The number of nitrogens with zero attached hydrogens (tertiary/aromatic N) is 4. The van der Waals surface area contributed by atoms with Crippen LogP contribution in [-0.2, 0) is 29.5 Å². The topological polar surface area (TPSA) is 86.6 Å². The number of aromatic nitrogens is 2. The number of likely N-dealkylation sites (N-methyl/N-ethyl adjacent to an activating group) is 1. The Hall–Kier alpha value is -3.74. The number of aryl methyl sites for hydroxylation is 2. The minimum atomic E-state index is -1.04. The molecule has 208 valence electrons. The standard InChI is InChI=1S/C32H42N4O3/c1-23(2)21-36(22-29(37)38)30(39)27-20-33-31(35(6)19-18-24-10-8-7-9-11-24)34-28(27)17-14-25-12-15-26(16-13-25)32(3,4)5/h7-13,15-16,20,23H,14,17-19,21-22H2,1-6H3,(H,37,38). The first-order valence-corrected chi connectivity index (χ1v) is 13.7. The highest BCUT2D eigenvalue weighted by molar-refractivity contribution is 5.96. The van der Waals surface area contributed by atoms with Crippen LogP contribution in [0.25, 0.3) is 0 Å². The molecule has 2 aromatic carbocycles. The minimum Gasteiger partial charge on any atom is -0.480 e. The van der Waals surface area contributed by atoms with Crippen molar-refractivity contribution in [1.29, 1.82) is 0 Å². The normalized spacial score (nSPS) is 11.5. The van der Waals surface area contributed by atoms with Crippen molar-refractivity contribution in [3.8, 4) is 0 Å². The molecule has 1 heterocycles. The molecule has 39 heavy (non-hydrogen) atoms. The summed E-state index contributed by atoms with van der Waals surface area (Å²) < 4.78 is 0. The van der Waals surface area contributed by atoms with Crippen molar-refractivity contribution in [1.82, 2.24) is 14.9 Å². The maximum atomic E-state index is 13.6. The molecule has 7 heteroatoms. The first-order chi connectivity index (χ1) is 18.4. The van der Waals surface area contributed by atoms with Gasteiger partial charge in [0.15, 0.2) is 0 Å². The Kier molecular flexibility index (Phi) is 10.2. The molecule has 0 unspecified atom stereocenters. The zero-order valence-electron chi connectivity index (χ0n) is 24.1. The summed E-state index contributed by atoms with van der Waals surface area (Å²) in [5.74, 6) is -0.707. The summed E-state index contributed by atoms with van der Waals surface area (Å²) in [5.41, 5.74) is 4.73. The first kappa shape index (κ1) is 29.8. The fourth-order valence-corrected chi connectivity index (χ4v) is 4.43. The van der Waals surface area contributed by atoms with Gasteiger partial charge in [-0.1, -0.05) is 89.2 Å². The van der Waals surface area contributed by atoms with Gasteiger partial charge in [0.05, 0.1) is 11.3 Å². The first-order valence-electron chi connectivity index (χ1n) is 13.7. The Morgan fingerprint density at radius 3 is 2.15 bits per heavy atom. The van der Waals surface area contributed by atoms with Gasteiger partial charge in [-0.3, -0.25) is 9.59 Å². The van der Waals surface area contributed by atoms with Crippen LogP contribution in [0.4, 0.5) is 5.95 Å². The van der Waals surface area contributed by atoms with Gasteiger partial charge in [-0.2, -0.15) is 0 Å². The number of carbonyl (C=O) groups is 2. The number of amides is 1.